The molecule has 0 aliphatic heterocycles. The van der Waals surface area contributed by atoms with Crippen LogP contribution in [0.1, 0.15) is 88.7 Å². The van der Waals surface area contributed by atoms with Gasteiger partial charge in [-0.1, -0.05) is 49.3 Å². The normalized spacial score (nSPS) is 23.3. The van der Waals surface area contributed by atoms with Gasteiger partial charge in [0.15, 0.2) is 0 Å². The zero-order valence-corrected chi connectivity index (χ0v) is 20.5. The minimum Gasteiger partial charge on any atom is -0.463 e. The highest BCUT2D eigenvalue weighted by atomic mass is 35.5. The molecule has 32 heavy (non-hydrogen) atoms. The summed E-state index contributed by atoms with van der Waals surface area (Å²) in [6.45, 7) is 4.01. The zero-order valence-electron chi connectivity index (χ0n) is 19.7. The first-order valence-electron chi connectivity index (χ1n) is 12.3. The van der Waals surface area contributed by atoms with Gasteiger partial charge in [-0.15, -0.1) is 11.6 Å². The van der Waals surface area contributed by atoms with Crippen LogP contribution in [0.4, 0.5) is 0 Å². The lowest BCUT2D eigenvalue weighted by molar-refractivity contribution is -0.147. The number of aliphatic hydroxyl groups is 2. The fraction of sp³-hybridized carbons (Fsp3) is 0.667. The number of esters is 1. The Morgan fingerprint density at radius 3 is 2.53 bits per heavy atom. The molecule has 0 amide bonds. The highest BCUT2D eigenvalue weighted by Crippen LogP contribution is 2.44. The third-order valence-corrected chi connectivity index (χ3v) is 6.74. The van der Waals surface area contributed by atoms with Crippen LogP contribution >= 0.6 is 11.6 Å². The molecule has 1 fully saturated rings. The summed E-state index contributed by atoms with van der Waals surface area (Å²) in [5.41, 5.74) is 2.49. The quantitative estimate of drug-likeness (QED) is 0.155. The maximum absolute atomic E-state index is 11.6. The number of allylic oxidation sites excluding steroid dienone is 2. The fourth-order valence-electron chi connectivity index (χ4n) is 4.58. The van der Waals surface area contributed by atoms with E-state index >= 15 is 0 Å². The number of hydrogen-bond donors (Lipinski definition) is 2. The molecule has 4 nitrogen and oxygen atoms in total. The lowest BCUT2D eigenvalue weighted by Crippen LogP contribution is -2.18. The van der Waals surface area contributed by atoms with Crippen molar-refractivity contribution < 1.29 is 19.7 Å². The van der Waals surface area contributed by atoms with Crippen LogP contribution in [0.25, 0.3) is 0 Å². The number of aliphatic hydroxyl groups excluding tert-OH is 2. The minimum absolute atomic E-state index is 0.0353. The van der Waals surface area contributed by atoms with Gasteiger partial charge < -0.3 is 14.9 Å². The number of ether oxygens (including phenoxy) is 1. The fourth-order valence-corrected chi connectivity index (χ4v) is 5.03. The summed E-state index contributed by atoms with van der Waals surface area (Å²) in [4.78, 5) is 11.6. The Morgan fingerprint density at radius 2 is 1.84 bits per heavy atom. The van der Waals surface area contributed by atoms with Crippen LogP contribution in [0, 0.1) is 5.92 Å². The number of rotatable bonds is 14. The topological polar surface area (TPSA) is 66.8 Å². The highest BCUT2D eigenvalue weighted by molar-refractivity contribution is 6.21. The van der Waals surface area contributed by atoms with E-state index in [1.54, 1.807) is 0 Å². The van der Waals surface area contributed by atoms with Crippen molar-refractivity contribution in [3.8, 4) is 0 Å². The summed E-state index contributed by atoms with van der Waals surface area (Å²) >= 11 is 6.62. The molecule has 5 heteroatoms. The summed E-state index contributed by atoms with van der Waals surface area (Å²) in [5.74, 6) is 0.127. The van der Waals surface area contributed by atoms with Crippen molar-refractivity contribution in [2.45, 2.75) is 102 Å². The van der Waals surface area contributed by atoms with Gasteiger partial charge >= 0.3 is 5.97 Å². The maximum Gasteiger partial charge on any atom is 0.306 e. The van der Waals surface area contributed by atoms with Crippen LogP contribution in [0.15, 0.2) is 36.4 Å². The summed E-state index contributed by atoms with van der Waals surface area (Å²) in [6.07, 6.45) is 12.6. The molecular weight excluding hydrogens is 424 g/mol. The standard InChI is InChI=1S/C27H41ClO4/c1-20(2)32-26(31)13-9-4-3-8-12-23-24(28)19-25(30)27(23)22-16-14-21(15-17-22)11-7-5-6-10-18-29/h3,8,14-17,20,23-25,27,29-30H,4-7,9-13,18-19H2,1-2H3/b8-3-/t23-,24+,25+,27+/m0/s1. The van der Waals surface area contributed by atoms with Crippen molar-refractivity contribution in [2.75, 3.05) is 6.61 Å². The van der Waals surface area contributed by atoms with Crippen LogP contribution in [0.5, 0.6) is 0 Å². The molecule has 2 N–H and O–H groups in total. The summed E-state index contributed by atoms with van der Waals surface area (Å²) in [7, 11) is 0. The first-order chi connectivity index (χ1) is 15.4. The molecule has 0 unspecified atom stereocenters. The van der Waals surface area contributed by atoms with E-state index in [-0.39, 0.29) is 35.9 Å². The van der Waals surface area contributed by atoms with Crippen molar-refractivity contribution >= 4 is 17.6 Å². The molecule has 0 bridgehead atoms. The monoisotopic (exact) mass is 464 g/mol. The van der Waals surface area contributed by atoms with Gasteiger partial charge in [0.25, 0.3) is 0 Å². The summed E-state index contributed by atoms with van der Waals surface area (Å²) in [6, 6.07) is 8.67. The van der Waals surface area contributed by atoms with Gasteiger partial charge in [0, 0.05) is 24.3 Å². The number of carbonyl (C=O) groups is 1. The van der Waals surface area contributed by atoms with Gasteiger partial charge in [-0.05, 0) is 75.8 Å². The number of halogens is 1. The van der Waals surface area contributed by atoms with E-state index in [0.717, 1.165) is 51.4 Å². The molecule has 4 atom stereocenters. The van der Waals surface area contributed by atoms with Gasteiger partial charge in [0.1, 0.15) is 0 Å². The Balaban J connectivity index is 1.83. The molecule has 1 aromatic rings. The SMILES string of the molecule is CC(C)OC(=O)CCC/C=C\C[C@@H]1[C@@H](c2ccc(CCCCCCO)cc2)[C@H](O)C[C@H]1Cl. The zero-order chi connectivity index (χ0) is 23.3. The Hall–Kier alpha value is -1.36. The van der Waals surface area contributed by atoms with E-state index in [0.29, 0.717) is 12.8 Å². The van der Waals surface area contributed by atoms with E-state index in [2.05, 4.69) is 36.4 Å². The van der Waals surface area contributed by atoms with Crippen LogP contribution < -0.4 is 0 Å². The van der Waals surface area contributed by atoms with Gasteiger partial charge in [0.2, 0.25) is 0 Å². The third-order valence-electron chi connectivity index (χ3n) is 6.24. The van der Waals surface area contributed by atoms with Gasteiger partial charge in [-0.2, -0.15) is 0 Å². The van der Waals surface area contributed by atoms with E-state index in [4.69, 9.17) is 21.4 Å². The lowest BCUT2D eigenvalue weighted by atomic mass is 9.85. The molecule has 0 aromatic heterocycles. The molecule has 1 aliphatic carbocycles. The largest absolute Gasteiger partial charge is 0.463 e. The average Bonchev–Trinajstić information content (AvgIpc) is 3.03. The van der Waals surface area contributed by atoms with Crippen LogP contribution in [-0.4, -0.2) is 40.4 Å². The number of unbranched alkanes of at least 4 members (excludes halogenated alkanes) is 4. The second-order valence-corrected chi connectivity index (χ2v) is 9.84. The molecule has 1 saturated carbocycles. The van der Waals surface area contributed by atoms with E-state index in [1.807, 2.05) is 13.8 Å². The second kappa shape index (κ2) is 14.7. The Kier molecular flexibility index (Phi) is 12.4. The van der Waals surface area contributed by atoms with Crippen molar-refractivity contribution in [3.63, 3.8) is 0 Å². The van der Waals surface area contributed by atoms with Gasteiger partial charge in [-0.3, -0.25) is 4.79 Å². The maximum atomic E-state index is 11.6. The van der Waals surface area contributed by atoms with Gasteiger partial charge in [-0.25, -0.2) is 0 Å². The molecule has 2 rings (SSSR count). The number of carbonyl (C=O) groups excluding carboxylic acids is 1. The van der Waals surface area contributed by atoms with Crippen LogP contribution in [0.2, 0.25) is 0 Å². The van der Waals surface area contributed by atoms with Crippen LogP contribution in [0.3, 0.4) is 0 Å². The predicted octanol–water partition coefficient (Wildman–Crippen LogP) is 5.92. The molecule has 0 spiro atoms. The summed E-state index contributed by atoms with van der Waals surface area (Å²) in [5, 5.41) is 19.5. The number of alkyl halides is 1. The molecule has 1 aliphatic rings. The molecule has 180 valence electrons. The smallest absolute Gasteiger partial charge is 0.306 e. The van der Waals surface area contributed by atoms with Gasteiger partial charge in [0.05, 0.1) is 12.2 Å². The first-order valence-corrected chi connectivity index (χ1v) is 12.7. The Morgan fingerprint density at radius 1 is 1.12 bits per heavy atom. The van der Waals surface area contributed by atoms with Crippen molar-refractivity contribution in [1.82, 2.24) is 0 Å². The lowest BCUT2D eigenvalue weighted by Gasteiger charge is -2.23. The molecule has 1 aromatic carbocycles. The molecule has 0 heterocycles. The Labute approximate surface area is 199 Å². The number of benzene rings is 1. The minimum atomic E-state index is -0.411. The highest BCUT2D eigenvalue weighted by Gasteiger charge is 2.41. The molecular formula is C27H41ClO4. The second-order valence-electron chi connectivity index (χ2n) is 9.28. The third kappa shape index (κ3) is 9.25. The van der Waals surface area contributed by atoms with Crippen molar-refractivity contribution in [1.29, 1.82) is 0 Å². The average molecular weight is 465 g/mol. The predicted molar refractivity (Wildman–Crippen MR) is 131 cm³/mol. The van der Waals surface area contributed by atoms with E-state index < -0.39 is 6.10 Å². The summed E-state index contributed by atoms with van der Waals surface area (Å²) < 4.78 is 5.16. The number of hydrogen-bond acceptors (Lipinski definition) is 4. The number of aryl methyl sites for hydroxylation is 1. The Bertz CT molecular complexity index is 685. The van der Waals surface area contributed by atoms with E-state index in [1.165, 1.54) is 11.1 Å². The molecule has 0 radical (unpaired) electrons. The molecule has 0 saturated heterocycles. The first kappa shape index (κ1) is 26.9. The van der Waals surface area contributed by atoms with E-state index in [9.17, 15) is 9.90 Å². The van der Waals surface area contributed by atoms with Crippen molar-refractivity contribution in [2.24, 2.45) is 5.92 Å². The van der Waals surface area contributed by atoms with Crippen LogP contribution in [-0.2, 0) is 16.0 Å². The van der Waals surface area contributed by atoms with Crippen molar-refractivity contribution in [3.05, 3.63) is 47.5 Å².